The van der Waals surface area contributed by atoms with E-state index in [4.69, 9.17) is 16.3 Å². The van der Waals surface area contributed by atoms with Crippen LogP contribution in [0.15, 0.2) is 108 Å². The van der Waals surface area contributed by atoms with Crippen LogP contribution >= 0.6 is 11.6 Å². The van der Waals surface area contributed by atoms with Gasteiger partial charge in [-0.3, -0.25) is 13.9 Å². The molecule has 0 saturated carbocycles. The Morgan fingerprint density at radius 3 is 2.11 bits per heavy atom. The van der Waals surface area contributed by atoms with E-state index >= 15 is 0 Å². The maximum Gasteiger partial charge on any atom is 0.264 e. The van der Waals surface area contributed by atoms with E-state index in [1.807, 2.05) is 30.3 Å². The number of halogens is 2. The maximum absolute atomic E-state index is 15.0. The van der Waals surface area contributed by atoms with E-state index in [1.54, 1.807) is 19.9 Å². The van der Waals surface area contributed by atoms with Crippen molar-refractivity contribution in [3.63, 3.8) is 0 Å². The van der Waals surface area contributed by atoms with Gasteiger partial charge >= 0.3 is 0 Å². The Balaban J connectivity index is 1.81. The van der Waals surface area contributed by atoms with Crippen LogP contribution in [0.25, 0.3) is 0 Å². The van der Waals surface area contributed by atoms with Crippen molar-refractivity contribution in [2.75, 3.05) is 18.0 Å². The summed E-state index contributed by atoms with van der Waals surface area (Å²) >= 11 is 6.10. The van der Waals surface area contributed by atoms with E-state index in [2.05, 4.69) is 5.32 Å². The molecular formula is C34H35ClFN3O5S. The highest BCUT2D eigenvalue weighted by atomic mass is 35.5. The van der Waals surface area contributed by atoms with Crippen molar-refractivity contribution in [1.82, 2.24) is 10.2 Å². The minimum absolute atomic E-state index is 0.0786. The number of hydrogen-bond acceptors (Lipinski definition) is 5. The number of nitrogens with one attached hydrogen (secondary N) is 1. The molecule has 1 N–H and O–H groups in total. The summed E-state index contributed by atoms with van der Waals surface area (Å²) < 4.78 is 49.3. The number of methoxy groups -OCH3 is 1. The van der Waals surface area contributed by atoms with Crippen molar-refractivity contribution >= 4 is 39.1 Å². The average molecular weight is 652 g/mol. The Kier molecular flexibility index (Phi) is 11.2. The van der Waals surface area contributed by atoms with Gasteiger partial charge in [0.25, 0.3) is 10.0 Å². The number of ether oxygens (including phenoxy) is 1. The van der Waals surface area contributed by atoms with Crippen LogP contribution in [0.1, 0.15) is 25.0 Å². The minimum Gasteiger partial charge on any atom is -0.497 e. The first-order chi connectivity index (χ1) is 21.5. The predicted octanol–water partition coefficient (Wildman–Crippen LogP) is 5.85. The van der Waals surface area contributed by atoms with E-state index in [0.29, 0.717) is 10.8 Å². The van der Waals surface area contributed by atoms with Gasteiger partial charge in [-0.2, -0.15) is 0 Å². The fourth-order valence-corrected chi connectivity index (χ4v) is 6.30. The van der Waals surface area contributed by atoms with Crippen molar-refractivity contribution in [3.05, 3.63) is 125 Å². The Morgan fingerprint density at radius 2 is 1.51 bits per heavy atom. The molecule has 4 aromatic rings. The van der Waals surface area contributed by atoms with Gasteiger partial charge in [-0.1, -0.05) is 60.1 Å². The summed E-state index contributed by atoms with van der Waals surface area (Å²) in [6.45, 7) is 2.64. The van der Waals surface area contributed by atoms with Crippen LogP contribution in [0.5, 0.6) is 5.75 Å². The Morgan fingerprint density at radius 1 is 0.889 bits per heavy atom. The first-order valence-electron chi connectivity index (χ1n) is 14.3. The molecule has 0 aliphatic heterocycles. The second-order valence-corrected chi connectivity index (χ2v) is 12.9. The standard InChI is InChI=1S/C34H35ClFN3O5S/c1-24(2)37-34(41)32(21-25-9-5-4-6-10-25)38(22-26-11-7-8-12-31(26)36)33(40)23-39(28-15-13-27(35)14-16-28)45(42,43)30-19-17-29(44-3)18-20-30/h4-20,24,32H,21-23H2,1-3H3,(H,37,41). The lowest BCUT2D eigenvalue weighted by atomic mass is 10.0. The monoisotopic (exact) mass is 651 g/mol. The highest BCUT2D eigenvalue weighted by Crippen LogP contribution is 2.27. The molecule has 0 heterocycles. The maximum atomic E-state index is 15.0. The second kappa shape index (κ2) is 15.0. The van der Waals surface area contributed by atoms with Gasteiger partial charge < -0.3 is 15.0 Å². The number of anilines is 1. The van der Waals surface area contributed by atoms with E-state index in [1.165, 1.54) is 78.7 Å². The number of amides is 2. The summed E-state index contributed by atoms with van der Waals surface area (Å²) in [6, 6.07) is 25.6. The molecule has 236 valence electrons. The van der Waals surface area contributed by atoms with Crippen LogP contribution in [0.4, 0.5) is 10.1 Å². The van der Waals surface area contributed by atoms with Crippen LogP contribution < -0.4 is 14.4 Å². The van der Waals surface area contributed by atoms with Gasteiger partial charge in [-0.05, 0) is 74.0 Å². The first kappa shape index (κ1) is 33.5. The summed E-state index contributed by atoms with van der Waals surface area (Å²) in [5, 5.41) is 3.25. The van der Waals surface area contributed by atoms with E-state index < -0.39 is 40.2 Å². The Hall–Kier alpha value is -4.41. The summed E-state index contributed by atoms with van der Waals surface area (Å²) in [4.78, 5) is 29.2. The molecule has 0 fully saturated rings. The van der Waals surface area contributed by atoms with Crippen LogP contribution in [0.3, 0.4) is 0 Å². The largest absolute Gasteiger partial charge is 0.497 e. The van der Waals surface area contributed by atoms with Crippen molar-refractivity contribution < 1.29 is 27.1 Å². The van der Waals surface area contributed by atoms with Crippen molar-refractivity contribution in [1.29, 1.82) is 0 Å². The summed E-state index contributed by atoms with van der Waals surface area (Å²) in [6.07, 6.45) is 0.117. The molecule has 0 spiro atoms. The zero-order chi connectivity index (χ0) is 32.6. The average Bonchev–Trinajstić information content (AvgIpc) is 3.03. The number of sulfonamides is 1. The summed E-state index contributed by atoms with van der Waals surface area (Å²) in [7, 11) is -2.85. The molecule has 0 bridgehead atoms. The van der Waals surface area contributed by atoms with Gasteiger partial charge in [0.05, 0.1) is 17.7 Å². The Bertz CT molecular complexity index is 1700. The topological polar surface area (TPSA) is 96.0 Å². The van der Waals surface area contributed by atoms with E-state index in [9.17, 15) is 22.4 Å². The van der Waals surface area contributed by atoms with Gasteiger partial charge in [0.2, 0.25) is 11.8 Å². The molecule has 0 radical (unpaired) electrons. The molecule has 8 nitrogen and oxygen atoms in total. The second-order valence-electron chi connectivity index (χ2n) is 10.6. The quantitative estimate of drug-likeness (QED) is 0.196. The minimum atomic E-state index is -4.31. The molecule has 1 unspecified atom stereocenters. The Labute approximate surface area is 268 Å². The van der Waals surface area contributed by atoms with Gasteiger partial charge in [-0.15, -0.1) is 0 Å². The van der Waals surface area contributed by atoms with Gasteiger partial charge in [-0.25, -0.2) is 12.8 Å². The van der Waals surface area contributed by atoms with Crippen LogP contribution in [-0.2, 0) is 32.6 Å². The first-order valence-corrected chi connectivity index (χ1v) is 16.1. The fourth-order valence-electron chi connectivity index (χ4n) is 4.76. The van der Waals surface area contributed by atoms with Crippen molar-refractivity contribution in [3.8, 4) is 5.75 Å². The molecule has 4 aromatic carbocycles. The number of carbonyl (C=O) groups is 2. The third-order valence-electron chi connectivity index (χ3n) is 7.04. The lowest BCUT2D eigenvalue weighted by Gasteiger charge is -2.34. The number of carbonyl (C=O) groups excluding carboxylic acids is 2. The lowest BCUT2D eigenvalue weighted by Crippen LogP contribution is -2.54. The van der Waals surface area contributed by atoms with Gasteiger partial charge in [0, 0.05) is 29.6 Å². The zero-order valence-electron chi connectivity index (χ0n) is 25.2. The lowest BCUT2D eigenvalue weighted by molar-refractivity contribution is -0.140. The highest BCUT2D eigenvalue weighted by Gasteiger charge is 2.35. The molecule has 2 amide bonds. The molecule has 0 aliphatic carbocycles. The van der Waals surface area contributed by atoms with Crippen LogP contribution in [0, 0.1) is 5.82 Å². The molecular weight excluding hydrogens is 617 g/mol. The van der Waals surface area contributed by atoms with Crippen molar-refractivity contribution in [2.45, 2.75) is 43.8 Å². The molecule has 11 heteroatoms. The molecule has 45 heavy (non-hydrogen) atoms. The predicted molar refractivity (Wildman–Crippen MR) is 173 cm³/mol. The third-order valence-corrected chi connectivity index (χ3v) is 9.08. The smallest absolute Gasteiger partial charge is 0.264 e. The van der Waals surface area contributed by atoms with Gasteiger partial charge in [0.15, 0.2) is 0 Å². The number of benzene rings is 4. The zero-order valence-corrected chi connectivity index (χ0v) is 26.8. The number of rotatable bonds is 13. The molecule has 0 aliphatic rings. The fraction of sp³-hybridized carbons (Fsp3) is 0.235. The number of hydrogen-bond donors (Lipinski definition) is 1. The molecule has 4 rings (SSSR count). The summed E-state index contributed by atoms with van der Waals surface area (Å²) in [5.41, 5.74) is 1.13. The summed E-state index contributed by atoms with van der Waals surface area (Å²) in [5.74, 6) is -1.25. The van der Waals surface area contributed by atoms with E-state index in [-0.39, 0.29) is 35.2 Å². The SMILES string of the molecule is COc1ccc(S(=O)(=O)N(CC(=O)N(Cc2ccccc2F)C(Cc2ccccc2)C(=O)NC(C)C)c2ccc(Cl)cc2)cc1. The molecule has 0 saturated heterocycles. The molecule has 1 atom stereocenters. The van der Waals surface area contributed by atoms with Crippen LogP contribution in [-0.4, -0.2) is 50.9 Å². The van der Waals surface area contributed by atoms with Crippen molar-refractivity contribution in [2.24, 2.45) is 0 Å². The third kappa shape index (κ3) is 8.61. The number of nitrogens with zero attached hydrogens (tertiary/aromatic N) is 2. The van der Waals surface area contributed by atoms with E-state index in [0.717, 1.165) is 9.87 Å². The molecule has 0 aromatic heterocycles. The van der Waals surface area contributed by atoms with Crippen LogP contribution in [0.2, 0.25) is 5.02 Å². The normalized spacial score (nSPS) is 12.0. The van der Waals surface area contributed by atoms with Gasteiger partial charge in [0.1, 0.15) is 24.2 Å². The highest BCUT2D eigenvalue weighted by molar-refractivity contribution is 7.92.